The first-order valence-corrected chi connectivity index (χ1v) is 10.2. The number of hydrogen-bond donors (Lipinski definition) is 2. The number of halogens is 1. The normalized spacial score (nSPS) is 12.8. The van der Waals surface area contributed by atoms with Crippen LogP contribution in [0.5, 0.6) is 5.75 Å². The summed E-state index contributed by atoms with van der Waals surface area (Å²) in [5.74, 6) is 1.57. The Morgan fingerprint density at radius 3 is 2.68 bits per heavy atom. The van der Waals surface area contributed by atoms with Gasteiger partial charge in [0.25, 0.3) is 0 Å². The first kappa shape index (κ1) is 22.1. The van der Waals surface area contributed by atoms with Crippen LogP contribution in [-0.4, -0.2) is 34.9 Å². The summed E-state index contributed by atoms with van der Waals surface area (Å²) in [5.41, 5.74) is 4.58. The van der Waals surface area contributed by atoms with Gasteiger partial charge in [-0.05, 0) is 58.7 Å². The van der Waals surface area contributed by atoms with E-state index >= 15 is 0 Å². The smallest absolute Gasteiger partial charge is 0.191 e. The molecule has 7 heteroatoms. The third-order valence-corrected chi connectivity index (χ3v) is 4.87. The summed E-state index contributed by atoms with van der Waals surface area (Å²) in [6.07, 6.45) is 0.890. The van der Waals surface area contributed by atoms with Crippen LogP contribution in [0, 0.1) is 13.8 Å². The monoisotopic (exact) mass is 405 g/mol. The second kappa shape index (κ2) is 10.4. The van der Waals surface area contributed by atoms with Crippen molar-refractivity contribution in [1.82, 2.24) is 20.4 Å². The summed E-state index contributed by atoms with van der Waals surface area (Å²) in [5, 5.41) is 12.0. The number of aliphatic imine (C=N–C) groups is 1. The van der Waals surface area contributed by atoms with Gasteiger partial charge in [-0.25, -0.2) is 4.99 Å². The Morgan fingerprint density at radius 1 is 1.32 bits per heavy atom. The molecular weight excluding hydrogens is 374 g/mol. The molecule has 1 atom stereocenters. The zero-order valence-electron chi connectivity index (χ0n) is 17.8. The molecule has 1 unspecified atom stereocenters. The van der Waals surface area contributed by atoms with Gasteiger partial charge in [-0.15, -0.1) is 0 Å². The Kier molecular flexibility index (Phi) is 8.18. The number of aromatic nitrogens is 2. The second-order valence-electron chi connectivity index (χ2n) is 6.90. The Labute approximate surface area is 173 Å². The number of benzene rings is 1. The molecule has 0 saturated heterocycles. The largest absolute Gasteiger partial charge is 0.493 e. The Balaban J connectivity index is 2.10. The Hall–Kier alpha value is -2.21. The molecule has 28 heavy (non-hydrogen) atoms. The number of rotatable bonds is 8. The Bertz CT molecular complexity index is 815. The maximum Gasteiger partial charge on any atom is 0.191 e. The lowest BCUT2D eigenvalue weighted by molar-refractivity contribution is 0.336. The van der Waals surface area contributed by atoms with E-state index in [0.29, 0.717) is 18.2 Å². The van der Waals surface area contributed by atoms with E-state index in [9.17, 15) is 0 Å². The molecular formula is C21H32ClN5O. The lowest BCUT2D eigenvalue weighted by atomic mass is 10.1. The number of nitrogens with one attached hydrogen (secondary N) is 2. The molecule has 2 aromatic rings. The summed E-state index contributed by atoms with van der Waals surface area (Å²) in [6, 6.07) is 5.89. The van der Waals surface area contributed by atoms with Crippen LogP contribution in [-0.2, 0) is 20.0 Å². The second-order valence-corrected chi connectivity index (χ2v) is 7.34. The van der Waals surface area contributed by atoms with E-state index < -0.39 is 0 Å². The summed E-state index contributed by atoms with van der Waals surface area (Å²) < 4.78 is 7.63. The molecule has 1 aromatic heterocycles. The number of guanidine groups is 1. The first-order valence-electron chi connectivity index (χ1n) is 9.80. The fourth-order valence-electron chi connectivity index (χ4n) is 3.14. The summed E-state index contributed by atoms with van der Waals surface area (Å²) >= 11 is 6.09. The minimum absolute atomic E-state index is 0.219. The van der Waals surface area contributed by atoms with Gasteiger partial charge in [-0.2, -0.15) is 5.10 Å². The molecule has 0 radical (unpaired) electrons. The van der Waals surface area contributed by atoms with Gasteiger partial charge in [0, 0.05) is 35.9 Å². The highest BCUT2D eigenvalue weighted by atomic mass is 35.5. The van der Waals surface area contributed by atoms with Gasteiger partial charge < -0.3 is 15.4 Å². The summed E-state index contributed by atoms with van der Waals surface area (Å²) in [4.78, 5) is 4.74. The average molecular weight is 406 g/mol. The molecule has 0 fully saturated rings. The highest BCUT2D eigenvalue weighted by molar-refractivity contribution is 6.30. The summed E-state index contributed by atoms with van der Waals surface area (Å²) in [7, 11) is 1.98. The topological polar surface area (TPSA) is 63.5 Å². The van der Waals surface area contributed by atoms with E-state index in [2.05, 4.69) is 43.4 Å². The van der Waals surface area contributed by atoms with Crippen molar-refractivity contribution in [1.29, 1.82) is 0 Å². The van der Waals surface area contributed by atoms with Crippen molar-refractivity contribution in [2.75, 3.05) is 13.2 Å². The van der Waals surface area contributed by atoms with Gasteiger partial charge in [0.2, 0.25) is 0 Å². The van der Waals surface area contributed by atoms with Crippen LogP contribution in [0.15, 0.2) is 23.2 Å². The van der Waals surface area contributed by atoms with Crippen molar-refractivity contribution < 1.29 is 4.74 Å². The van der Waals surface area contributed by atoms with E-state index in [0.717, 1.165) is 35.9 Å². The number of hydrogen-bond acceptors (Lipinski definition) is 3. The predicted octanol–water partition coefficient (Wildman–Crippen LogP) is 3.78. The van der Waals surface area contributed by atoms with E-state index in [1.807, 2.05) is 36.9 Å². The molecule has 2 rings (SSSR count). The van der Waals surface area contributed by atoms with Gasteiger partial charge in [0.05, 0.1) is 18.8 Å². The molecule has 0 spiro atoms. The predicted molar refractivity (Wildman–Crippen MR) is 116 cm³/mol. The van der Waals surface area contributed by atoms with E-state index in [1.165, 1.54) is 11.3 Å². The van der Waals surface area contributed by atoms with Crippen LogP contribution in [0.2, 0.25) is 5.02 Å². The first-order chi connectivity index (χ1) is 13.3. The van der Waals surface area contributed by atoms with Crippen molar-refractivity contribution in [2.45, 2.75) is 53.6 Å². The molecule has 1 aromatic carbocycles. The van der Waals surface area contributed by atoms with Crippen LogP contribution in [0.4, 0.5) is 0 Å². The molecule has 154 valence electrons. The fraction of sp³-hybridized carbons (Fsp3) is 0.524. The molecule has 0 bridgehead atoms. The number of nitrogens with zero attached hydrogens (tertiary/aromatic N) is 3. The van der Waals surface area contributed by atoms with Crippen LogP contribution < -0.4 is 15.4 Å². The van der Waals surface area contributed by atoms with Crippen molar-refractivity contribution in [3.8, 4) is 5.75 Å². The molecule has 0 saturated carbocycles. The van der Waals surface area contributed by atoms with Crippen molar-refractivity contribution >= 4 is 17.6 Å². The van der Waals surface area contributed by atoms with Gasteiger partial charge in [-0.3, -0.25) is 4.68 Å². The van der Waals surface area contributed by atoms with E-state index in [1.54, 1.807) is 0 Å². The highest BCUT2D eigenvalue weighted by Gasteiger charge is 2.14. The molecule has 0 aliphatic heterocycles. The molecule has 6 nitrogen and oxygen atoms in total. The number of ether oxygens (including phenoxy) is 1. The highest BCUT2D eigenvalue weighted by Crippen LogP contribution is 2.24. The van der Waals surface area contributed by atoms with Crippen molar-refractivity contribution in [3.63, 3.8) is 0 Å². The van der Waals surface area contributed by atoms with Crippen molar-refractivity contribution in [3.05, 3.63) is 45.7 Å². The minimum Gasteiger partial charge on any atom is -0.493 e. The lowest BCUT2D eigenvalue weighted by Crippen LogP contribution is -2.43. The van der Waals surface area contributed by atoms with Gasteiger partial charge in [0.15, 0.2) is 5.96 Å². The van der Waals surface area contributed by atoms with Gasteiger partial charge in [-0.1, -0.05) is 17.7 Å². The number of aryl methyl sites for hydroxylation is 2. The molecule has 0 amide bonds. The van der Waals surface area contributed by atoms with Gasteiger partial charge in [0.1, 0.15) is 5.75 Å². The van der Waals surface area contributed by atoms with Crippen LogP contribution in [0.3, 0.4) is 0 Å². The zero-order valence-corrected chi connectivity index (χ0v) is 18.5. The zero-order chi connectivity index (χ0) is 20.7. The van der Waals surface area contributed by atoms with E-state index in [4.69, 9.17) is 21.3 Å². The SMILES string of the molecule is CCNC(=NCc1ccc(Cl)cc1OCC)NC(C)Cc1c(C)nn(C)c1C. The van der Waals surface area contributed by atoms with Gasteiger partial charge >= 0.3 is 0 Å². The molecule has 1 heterocycles. The van der Waals surface area contributed by atoms with E-state index in [-0.39, 0.29) is 6.04 Å². The maximum atomic E-state index is 6.09. The van der Waals surface area contributed by atoms with Crippen LogP contribution >= 0.6 is 11.6 Å². The Morgan fingerprint density at radius 2 is 2.07 bits per heavy atom. The van der Waals surface area contributed by atoms with Crippen molar-refractivity contribution in [2.24, 2.45) is 12.0 Å². The molecule has 2 N–H and O–H groups in total. The maximum absolute atomic E-state index is 6.09. The quantitative estimate of drug-likeness (QED) is 0.518. The minimum atomic E-state index is 0.219. The fourth-order valence-corrected chi connectivity index (χ4v) is 3.30. The molecule has 0 aliphatic rings. The van der Waals surface area contributed by atoms with Crippen LogP contribution in [0.1, 0.15) is 43.3 Å². The third kappa shape index (κ3) is 5.89. The molecule has 0 aliphatic carbocycles. The summed E-state index contributed by atoms with van der Waals surface area (Å²) in [6.45, 7) is 12.3. The van der Waals surface area contributed by atoms with Crippen LogP contribution in [0.25, 0.3) is 0 Å². The lowest BCUT2D eigenvalue weighted by Gasteiger charge is -2.18. The third-order valence-electron chi connectivity index (χ3n) is 4.63. The standard InChI is InChI=1S/C21H32ClN5O/c1-7-23-21(24-13-17-9-10-18(22)12-20(17)28-8-2)25-14(3)11-19-15(4)26-27(6)16(19)5/h9-10,12,14H,7-8,11,13H2,1-6H3,(H2,23,24,25). The average Bonchev–Trinajstić information content (AvgIpc) is 2.87.